The smallest absolute Gasteiger partial charge is 0.155 e. The number of carbonyl (C=O) groups excluding carboxylic acids is 2. The largest absolute Gasteiger partial charge is 0.299 e. The Bertz CT molecular complexity index is 642. The van der Waals surface area contributed by atoms with E-state index in [0.717, 1.165) is 32.1 Å². The van der Waals surface area contributed by atoms with Crippen LogP contribution in [0.25, 0.3) is 0 Å². The molecule has 0 aromatic carbocycles. The number of rotatable bonds is 0. The Hall–Kier alpha value is -1.36. The van der Waals surface area contributed by atoms with Crippen LogP contribution in [0.5, 0.6) is 0 Å². The quantitative estimate of drug-likeness (QED) is 0.618. The summed E-state index contributed by atoms with van der Waals surface area (Å²) in [5.74, 6) is 7.79. The van der Waals surface area contributed by atoms with Crippen molar-refractivity contribution in [3.05, 3.63) is 11.6 Å². The Kier molecular flexibility index (Phi) is 3.82. The van der Waals surface area contributed by atoms with E-state index in [1.54, 1.807) is 0 Å². The SMILES string of the molecule is CCC#C[C@]12CCC(=O)C=C1[C@@]1(C)CCC(=O)C(C)(C)[C@@H]1CC2. The van der Waals surface area contributed by atoms with Gasteiger partial charge in [-0.1, -0.05) is 33.6 Å². The molecule has 2 fully saturated rings. The molecule has 23 heavy (non-hydrogen) atoms. The van der Waals surface area contributed by atoms with Crippen molar-refractivity contribution in [2.75, 3.05) is 0 Å². The zero-order valence-electron chi connectivity index (χ0n) is 14.9. The van der Waals surface area contributed by atoms with Crippen molar-refractivity contribution >= 4 is 11.6 Å². The molecule has 0 aromatic heterocycles. The molecule has 3 aliphatic carbocycles. The Morgan fingerprint density at radius 2 is 1.87 bits per heavy atom. The van der Waals surface area contributed by atoms with Crippen molar-refractivity contribution in [2.24, 2.45) is 22.2 Å². The molecule has 0 bridgehead atoms. The minimum atomic E-state index is -0.293. The van der Waals surface area contributed by atoms with Crippen molar-refractivity contribution in [1.82, 2.24) is 0 Å². The molecule has 0 amide bonds. The van der Waals surface area contributed by atoms with E-state index in [1.807, 2.05) is 6.08 Å². The van der Waals surface area contributed by atoms with E-state index in [-0.39, 0.29) is 22.0 Å². The van der Waals surface area contributed by atoms with Crippen LogP contribution in [0.3, 0.4) is 0 Å². The third-order valence-corrected chi connectivity index (χ3v) is 6.83. The molecule has 0 heterocycles. The lowest BCUT2D eigenvalue weighted by Gasteiger charge is -2.59. The van der Waals surface area contributed by atoms with Crippen LogP contribution in [0, 0.1) is 34.0 Å². The Labute approximate surface area is 140 Å². The van der Waals surface area contributed by atoms with Gasteiger partial charge in [-0.25, -0.2) is 0 Å². The molecular formula is C21H28O2. The number of hydrogen-bond acceptors (Lipinski definition) is 2. The molecule has 3 rings (SSSR count). The molecule has 2 heteroatoms. The van der Waals surface area contributed by atoms with Crippen molar-refractivity contribution < 1.29 is 9.59 Å². The van der Waals surface area contributed by atoms with Gasteiger partial charge in [0.15, 0.2) is 5.78 Å². The second-order valence-electron chi connectivity index (χ2n) is 8.42. The zero-order valence-corrected chi connectivity index (χ0v) is 14.9. The predicted octanol–water partition coefficient (Wildman–Crippen LogP) is 4.48. The molecule has 0 radical (unpaired) electrons. The van der Waals surface area contributed by atoms with Crippen LogP contribution >= 0.6 is 0 Å². The van der Waals surface area contributed by atoms with Crippen molar-refractivity contribution in [2.45, 2.75) is 72.6 Å². The normalized spacial score (nSPS) is 38.8. The average Bonchev–Trinajstić information content (AvgIpc) is 2.51. The fourth-order valence-corrected chi connectivity index (χ4v) is 5.52. The fraction of sp³-hybridized carbons (Fsp3) is 0.714. The standard InChI is InChI=1S/C21H28O2/c1-5-6-10-21-12-7-15(22)14-17(21)20(4)11-9-18(23)19(2,3)16(20)8-13-21/h14,16H,5,7-9,11-13H2,1-4H3/t16-,20-,21+/m0/s1. The summed E-state index contributed by atoms with van der Waals surface area (Å²) in [6.07, 6.45) is 7.78. The molecule has 124 valence electrons. The summed E-state index contributed by atoms with van der Waals surface area (Å²) in [7, 11) is 0. The number of carbonyl (C=O) groups is 2. The highest BCUT2D eigenvalue weighted by atomic mass is 16.1. The Morgan fingerprint density at radius 1 is 1.13 bits per heavy atom. The third kappa shape index (κ3) is 2.32. The maximum atomic E-state index is 12.5. The average molecular weight is 312 g/mol. The van der Waals surface area contributed by atoms with Gasteiger partial charge in [0.2, 0.25) is 0 Å². The molecule has 2 nitrogen and oxygen atoms in total. The summed E-state index contributed by atoms with van der Waals surface area (Å²) in [6, 6.07) is 0. The van der Waals surface area contributed by atoms with Crippen LogP contribution < -0.4 is 0 Å². The second-order valence-corrected chi connectivity index (χ2v) is 8.42. The van der Waals surface area contributed by atoms with E-state index in [0.29, 0.717) is 24.5 Å². The first-order valence-electron chi connectivity index (χ1n) is 9.05. The van der Waals surface area contributed by atoms with Crippen LogP contribution in [-0.4, -0.2) is 11.6 Å². The van der Waals surface area contributed by atoms with Gasteiger partial charge in [-0.3, -0.25) is 9.59 Å². The number of allylic oxidation sites excluding steroid dienone is 2. The maximum Gasteiger partial charge on any atom is 0.155 e. The topological polar surface area (TPSA) is 34.1 Å². The predicted molar refractivity (Wildman–Crippen MR) is 91.7 cm³/mol. The monoisotopic (exact) mass is 312 g/mol. The summed E-state index contributed by atoms with van der Waals surface area (Å²) in [6.45, 7) is 8.58. The number of ketones is 2. The van der Waals surface area contributed by atoms with Gasteiger partial charge < -0.3 is 0 Å². The first-order chi connectivity index (χ1) is 10.8. The Morgan fingerprint density at radius 3 is 2.57 bits per heavy atom. The fourth-order valence-electron chi connectivity index (χ4n) is 5.52. The second kappa shape index (κ2) is 5.33. The molecule has 0 aliphatic heterocycles. The van der Waals surface area contributed by atoms with Crippen LogP contribution in [0.1, 0.15) is 72.6 Å². The van der Waals surface area contributed by atoms with Crippen LogP contribution in [-0.2, 0) is 9.59 Å². The lowest BCUT2D eigenvalue weighted by atomic mass is 9.44. The molecule has 0 spiro atoms. The third-order valence-electron chi connectivity index (χ3n) is 6.83. The number of hydrogen-bond donors (Lipinski definition) is 0. The summed E-state index contributed by atoms with van der Waals surface area (Å²) >= 11 is 0. The summed E-state index contributed by atoms with van der Waals surface area (Å²) < 4.78 is 0. The van der Waals surface area contributed by atoms with E-state index in [9.17, 15) is 9.59 Å². The molecule has 2 saturated carbocycles. The molecule has 0 aromatic rings. The lowest BCUT2D eigenvalue weighted by Crippen LogP contribution is -2.54. The molecular weight excluding hydrogens is 284 g/mol. The van der Waals surface area contributed by atoms with Gasteiger partial charge in [-0.05, 0) is 48.7 Å². The minimum absolute atomic E-state index is 0.0613. The van der Waals surface area contributed by atoms with Crippen molar-refractivity contribution in [3.8, 4) is 11.8 Å². The molecule has 0 saturated heterocycles. The van der Waals surface area contributed by atoms with Crippen LogP contribution in [0.4, 0.5) is 0 Å². The van der Waals surface area contributed by atoms with Gasteiger partial charge in [0.1, 0.15) is 5.78 Å². The highest BCUT2D eigenvalue weighted by molar-refractivity contribution is 5.93. The highest BCUT2D eigenvalue weighted by Crippen LogP contribution is 2.64. The van der Waals surface area contributed by atoms with Gasteiger partial charge in [0.05, 0.1) is 5.41 Å². The highest BCUT2D eigenvalue weighted by Gasteiger charge is 2.59. The molecule has 3 atom stereocenters. The lowest BCUT2D eigenvalue weighted by molar-refractivity contribution is -0.141. The maximum absolute atomic E-state index is 12.5. The van der Waals surface area contributed by atoms with Gasteiger partial charge in [-0.2, -0.15) is 0 Å². The summed E-state index contributed by atoms with van der Waals surface area (Å²) in [4.78, 5) is 24.7. The first kappa shape index (κ1) is 16.5. The van der Waals surface area contributed by atoms with Gasteiger partial charge >= 0.3 is 0 Å². The molecule has 0 unspecified atom stereocenters. The van der Waals surface area contributed by atoms with E-state index < -0.39 is 0 Å². The number of fused-ring (bicyclic) bond motifs is 3. The van der Waals surface area contributed by atoms with Crippen LogP contribution in [0.15, 0.2) is 11.6 Å². The summed E-state index contributed by atoms with van der Waals surface area (Å²) in [5, 5.41) is 0. The van der Waals surface area contributed by atoms with Crippen molar-refractivity contribution in [1.29, 1.82) is 0 Å². The Balaban J connectivity index is 2.13. The summed E-state index contributed by atoms with van der Waals surface area (Å²) in [5.41, 5.74) is 0.775. The van der Waals surface area contributed by atoms with E-state index in [2.05, 4.69) is 39.5 Å². The van der Waals surface area contributed by atoms with Gasteiger partial charge in [-0.15, -0.1) is 5.92 Å². The van der Waals surface area contributed by atoms with Gasteiger partial charge in [0.25, 0.3) is 0 Å². The van der Waals surface area contributed by atoms with E-state index in [4.69, 9.17) is 0 Å². The van der Waals surface area contributed by atoms with Crippen LogP contribution in [0.2, 0.25) is 0 Å². The number of Topliss-reactive ketones (excluding diaryl/α,β-unsaturated/α-hetero) is 1. The molecule has 0 N–H and O–H groups in total. The minimum Gasteiger partial charge on any atom is -0.299 e. The molecule has 3 aliphatic rings. The zero-order chi connectivity index (χ0) is 16.9. The van der Waals surface area contributed by atoms with E-state index >= 15 is 0 Å². The van der Waals surface area contributed by atoms with E-state index in [1.165, 1.54) is 5.57 Å². The van der Waals surface area contributed by atoms with Gasteiger partial charge in [0, 0.05) is 24.7 Å². The first-order valence-corrected chi connectivity index (χ1v) is 9.05. The van der Waals surface area contributed by atoms with Crippen molar-refractivity contribution in [3.63, 3.8) is 0 Å².